The largest absolute Gasteiger partial charge is 0.344 e. The molecule has 2 amide bonds. The molecule has 1 atom stereocenters. The zero-order valence-corrected chi connectivity index (χ0v) is 22.0. The number of nitrogens with one attached hydrogen (secondary N) is 3. The first-order valence-corrected chi connectivity index (χ1v) is 12.9. The first-order chi connectivity index (χ1) is 18.8. The average Bonchev–Trinajstić information content (AvgIpc) is 3.38. The molecule has 2 heterocycles. The van der Waals surface area contributed by atoms with Crippen molar-refractivity contribution >= 4 is 29.1 Å². The molecule has 10 nitrogen and oxygen atoms in total. The van der Waals surface area contributed by atoms with Gasteiger partial charge in [-0.3, -0.25) is 9.59 Å². The number of carbonyl (C=O) groups excluding carboxylic acids is 2. The van der Waals surface area contributed by atoms with Crippen molar-refractivity contribution in [3.63, 3.8) is 0 Å². The lowest BCUT2D eigenvalue weighted by molar-refractivity contribution is -0.128. The predicted molar refractivity (Wildman–Crippen MR) is 150 cm³/mol. The molecule has 0 saturated heterocycles. The fourth-order valence-corrected chi connectivity index (χ4v) is 4.93. The van der Waals surface area contributed by atoms with E-state index in [0.29, 0.717) is 25.3 Å². The van der Waals surface area contributed by atoms with E-state index in [4.69, 9.17) is 5.73 Å². The highest BCUT2D eigenvalue weighted by molar-refractivity contribution is 6.00. The minimum Gasteiger partial charge on any atom is -0.344 e. The second kappa shape index (κ2) is 11.0. The molecule has 0 radical (unpaired) electrons. The Morgan fingerprint density at radius 1 is 1.05 bits per heavy atom. The summed E-state index contributed by atoms with van der Waals surface area (Å²) in [5, 5.41) is 20.3. The number of aromatic nitrogens is 4. The zero-order valence-electron chi connectivity index (χ0n) is 22.0. The molecule has 5 N–H and O–H groups in total. The second-order valence-electron chi connectivity index (χ2n) is 10.4. The minimum absolute atomic E-state index is 0.136. The normalized spacial score (nSPS) is 15.4. The van der Waals surface area contributed by atoms with Gasteiger partial charge in [0.15, 0.2) is 0 Å². The van der Waals surface area contributed by atoms with Gasteiger partial charge in [0.2, 0.25) is 11.8 Å². The van der Waals surface area contributed by atoms with Gasteiger partial charge >= 0.3 is 0 Å². The number of nitrogens with two attached hydrogens (primary N) is 1. The van der Waals surface area contributed by atoms with Crippen LogP contribution in [-0.2, 0) is 22.6 Å². The number of hydrogen-bond donors (Lipinski definition) is 4. The maximum absolute atomic E-state index is 14.0. The van der Waals surface area contributed by atoms with Crippen LogP contribution in [0.4, 0.5) is 17.3 Å². The van der Waals surface area contributed by atoms with Crippen molar-refractivity contribution < 1.29 is 9.59 Å². The van der Waals surface area contributed by atoms with E-state index < -0.39 is 11.6 Å². The van der Waals surface area contributed by atoms with Gasteiger partial charge in [0.1, 0.15) is 6.04 Å². The summed E-state index contributed by atoms with van der Waals surface area (Å²) in [7, 11) is 0. The lowest BCUT2D eigenvalue weighted by Gasteiger charge is -2.28. The van der Waals surface area contributed by atoms with Crippen LogP contribution in [0.2, 0.25) is 0 Å². The van der Waals surface area contributed by atoms with E-state index in [0.717, 1.165) is 33.6 Å². The number of tetrazole rings is 1. The summed E-state index contributed by atoms with van der Waals surface area (Å²) in [6.45, 7) is 3.93. The molecule has 0 saturated carbocycles. The van der Waals surface area contributed by atoms with Crippen molar-refractivity contribution in [1.82, 2.24) is 25.9 Å². The molecule has 1 aromatic heterocycles. The number of rotatable bonds is 8. The number of benzene rings is 3. The first kappa shape index (κ1) is 26.1. The molecular weight excluding hydrogens is 492 g/mol. The smallest absolute Gasteiger partial charge is 0.267 e. The molecule has 0 fully saturated rings. The number of nitrogens with zero attached hydrogens (tertiary/aromatic N) is 4. The number of para-hydroxylation sites is 2. The van der Waals surface area contributed by atoms with Gasteiger partial charge in [-0.05, 0) is 60.7 Å². The summed E-state index contributed by atoms with van der Waals surface area (Å²) in [6, 6.07) is 23.1. The van der Waals surface area contributed by atoms with Crippen molar-refractivity contribution in [1.29, 1.82) is 0 Å². The maximum atomic E-state index is 14.0. The van der Waals surface area contributed by atoms with E-state index >= 15 is 0 Å². The van der Waals surface area contributed by atoms with Crippen LogP contribution in [-0.4, -0.2) is 44.0 Å². The number of aryl methyl sites for hydroxylation is 1. The first-order valence-electron chi connectivity index (χ1n) is 12.9. The Hall–Kier alpha value is -4.57. The molecule has 0 unspecified atom stereocenters. The molecule has 0 bridgehead atoms. The summed E-state index contributed by atoms with van der Waals surface area (Å²) in [5.41, 5.74) is 11.0. The van der Waals surface area contributed by atoms with Gasteiger partial charge in [-0.1, -0.05) is 65.8 Å². The second-order valence-corrected chi connectivity index (χ2v) is 10.4. The van der Waals surface area contributed by atoms with Gasteiger partial charge in [-0.2, -0.15) is 5.21 Å². The van der Waals surface area contributed by atoms with Gasteiger partial charge < -0.3 is 21.3 Å². The van der Waals surface area contributed by atoms with Crippen molar-refractivity contribution in [2.45, 2.75) is 51.2 Å². The third-order valence-corrected chi connectivity index (χ3v) is 6.66. The van der Waals surface area contributed by atoms with E-state index in [2.05, 4.69) is 31.3 Å². The Balaban J connectivity index is 1.49. The number of carbonyl (C=O) groups is 2. The fourth-order valence-electron chi connectivity index (χ4n) is 4.93. The fraction of sp³-hybridized carbons (Fsp3) is 0.276. The lowest BCUT2D eigenvalue weighted by atomic mass is 9.97. The molecule has 10 heteroatoms. The van der Waals surface area contributed by atoms with Gasteiger partial charge in [0.05, 0.1) is 6.54 Å². The third-order valence-electron chi connectivity index (χ3n) is 6.66. The third kappa shape index (κ3) is 6.12. The number of anilines is 3. The van der Waals surface area contributed by atoms with E-state index in [9.17, 15) is 9.59 Å². The Morgan fingerprint density at radius 2 is 1.77 bits per heavy atom. The van der Waals surface area contributed by atoms with Crippen LogP contribution < -0.4 is 21.3 Å². The quantitative estimate of drug-likeness (QED) is 0.275. The van der Waals surface area contributed by atoms with Crippen LogP contribution in [0.3, 0.4) is 0 Å². The number of aromatic amines is 1. The topological polar surface area (TPSA) is 142 Å². The van der Waals surface area contributed by atoms with Crippen LogP contribution in [0.1, 0.15) is 37.8 Å². The van der Waals surface area contributed by atoms with Crippen molar-refractivity contribution in [2.24, 2.45) is 5.73 Å². The Labute approximate surface area is 227 Å². The zero-order chi connectivity index (χ0) is 27.4. The Bertz CT molecular complexity index is 1460. The van der Waals surface area contributed by atoms with Gasteiger partial charge in [-0.15, -0.1) is 5.10 Å². The molecule has 0 spiro atoms. The summed E-state index contributed by atoms with van der Waals surface area (Å²) < 4.78 is 0. The van der Waals surface area contributed by atoms with Crippen LogP contribution in [0.25, 0.3) is 11.1 Å². The summed E-state index contributed by atoms with van der Waals surface area (Å²) in [6.07, 6.45) is 1.33. The van der Waals surface area contributed by atoms with E-state index in [1.165, 1.54) is 0 Å². The van der Waals surface area contributed by atoms with Crippen LogP contribution in [0.15, 0.2) is 72.8 Å². The van der Waals surface area contributed by atoms with Gasteiger partial charge in [0.25, 0.3) is 5.95 Å². The number of amides is 2. The number of fused-ring (bicyclic) bond motifs is 1. The monoisotopic (exact) mass is 524 g/mol. The summed E-state index contributed by atoms with van der Waals surface area (Å²) >= 11 is 0. The van der Waals surface area contributed by atoms with Crippen molar-refractivity contribution in [2.75, 3.05) is 10.2 Å². The maximum Gasteiger partial charge on any atom is 0.267 e. The molecule has 1 aliphatic rings. The minimum atomic E-state index is -0.664. The van der Waals surface area contributed by atoms with E-state index in [-0.39, 0.29) is 18.2 Å². The van der Waals surface area contributed by atoms with E-state index in [1.807, 2.05) is 72.8 Å². The molecular formula is C29H32N8O2. The molecule has 3 aromatic carbocycles. The predicted octanol–water partition coefficient (Wildman–Crippen LogP) is 3.70. The van der Waals surface area contributed by atoms with Gasteiger partial charge in [-0.25, -0.2) is 0 Å². The SMILES string of the molecule is CC(C)(N)CC(=O)N[C@@H]1CCc2ccccc2N(Cc2ccccc2-c2ccccc2Nc2nn[nH]n2)C1=O. The molecule has 4 aromatic rings. The van der Waals surface area contributed by atoms with Crippen molar-refractivity contribution in [3.8, 4) is 11.1 Å². The molecule has 5 rings (SSSR count). The summed E-state index contributed by atoms with van der Waals surface area (Å²) in [4.78, 5) is 28.5. The average molecular weight is 525 g/mol. The Kier molecular flexibility index (Phi) is 7.38. The van der Waals surface area contributed by atoms with Crippen LogP contribution >= 0.6 is 0 Å². The highest BCUT2D eigenvalue weighted by Gasteiger charge is 2.32. The molecule has 200 valence electrons. The summed E-state index contributed by atoms with van der Waals surface area (Å²) in [5.74, 6) is -0.0134. The number of H-pyrrole nitrogens is 1. The standard InChI is InChI=1S/C29H32N8O2/c1-29(2,30)17-26(38)31-24-16-15-19-9-4-8-14-25(19)37(27(24)39)18-20-10-3-5-11-21(20)22-12-6-7-13-23(22)32-28-33-35-36-34-28/h3-14,24H,15-18,30H2,1-2H3,(H,31,38)(H2,32,33,34,35,36)/t24-/m1/s1. The van der Waals surface area contributed by atoms with E-state index in [1.54, 1.807) is 18.7 Å². The van der Waals surface area contributed by atoms with Gasteiger partial charge in [0, 0.05) is 28.9 Å². The van der Waals surface area contributed by atoms with Crippen molar-refractivity contribution in [3.05, 3.63) is 83.9 Å². The molecule has 1 aliphatic heterocycles. The Morgan fingerprint density at radius 3 is 2.54 bits per heavy atom. The van der Waals surface area contributed by atoms with Crippen LogP contribution in [0.5, 0.6) is 0 Å². The highest BCUT2D eigenvalue weighted by Crippen LogP contribution is 2.35. The molecule has 39 heavy (non-hydrogen) atoms. The highest BCUT2D eigenvalue weighted by atomic mass is 16.2. The lowest BCUT2D eigenvalue weighted by Crippen LogP contribution is -2.49. The van der Waals surface area contributed by atoms with Crippen LogP contribution in [0, 0.1) is 0 Å². The molecule has 0 aliphatic carbocycles. The number of hydrogen-bond acceptors (Lipinski definition) is 7.